The average Bonchev–Trinajstić information content (AvgIpc) is 2.93. The van der Waals surface area contributed by atoms with Crippen molar-refractivity contribution >= 4 is 11.4 Å². The first-order chi connectivity index (χ1) is 13.8. The summed E-state index contributed by atoms with van der Waals surface area (Å²) in [5, 5.41) is 0. The molecule has 1 aliphatic carbocycles. The van der Waals surface area contributed by atoms with Crippen molar-refractivity contribution in [2.45, 2.75) is 97.3 Å². The van der Waals surface area contributed by atoms with Gasteiger partial charge >= 0.3 is 0 Å². The summed E-state index contributed by atoms with van der Waals surface area (Å²) in [6.45, 7) is 6.61. The molecule has 1 aromatic carbocycles. The number of anilines is 2. The number of hydrogen-bond donors (Lipinski definition) is 0. The Morgan fingerprint density at radius 3 is 1.86 bits per heavy atom. The number of benzene rings is 1. The lowest BCUT2D eigenvalue weighted by Gasteiger charge is -2.32. The maximum atomic E-state index is 14.1. The number of allylic oxidation sites excluding steroid dienone is 1. The van der Waals surface area contributed by atoms with E-state index in [4.69, 9.17) is 0 Å². The molecule has 28 heavy (non-hydrogen) atoms. The van der Waals surface area contributed by atoms with Gasteiger partial charge in [-0.2, -0.15) is 0 Å². The Kier molecular flexibility index (Phi) is 8.24. The zero-order chi connectivity index (χ0) is 19.8. The maximum absolute atomic E-state index is 14.1. The summed E-state index contributed by atoms with van der Waals surface area (Å²) in [7, 11) is 0. The summed E-state index contributed by atoms with van der Waals surface area (Å²) in [6, 6.07) is 5.40. The van der Waals surface area contributed by atoms with Gasteiger partial charge in [-0.1, -0.05) is 65.2 Å². The molecule has 0 spiro atoms. The highest BCUT2D eigenvalue weighted by Crippen LogP contribution is 2.46. The van der Waals surface area contributed by atoms with Crippen molar-refractivity contribution in [3.63, 3.8) is 0 Å². The first-order valence-corrected chi connectivity index (χ1v) is 11.8. The van der Waals surface area contributed by atoms with Gasteiger partial charge in [0.25, 0.3) is 0 Å². The summed E-state index contributed by atoms with van der Waals surface area (Å²) in [4.78, 5) is 4.96. The van der Waals surface area contributed by atoms with Gasteiger partial charge in [0.2, 0.25) is 0 Å². The Bertz CT molecular complexity index is 646. The lowest BCUT2D eigenvalue weighted by molar-refractivity contribution is 0.598. The van der Waals surface area contributed by atoms with Crippen molar-refractivity contribution < 1.29 is 4.39 Å². The predicted molar refractivity (Wildman–Crippen MR) is 119 cm³/mol. The smallest absolute Gasteiger partial charge is 0.125 e. The number of halogens is 1. The normalized spacial score (nSPS) is 16.0. The number of unbranched alkanes of at least 4 members (excludes halogenated alkanes) is 8. The SMILES string of the molecule is CCCCCCCN1C(=C2CCC2)N(CCCCCCC)c2cc(F)ccc21. The molecule has 3 rings (SSSR count). The van der Waals surface area contributed by atoms with E-state index in [2.05, 4.69) is 23.6 Å². The minimum atomic E-state index is -0.113. The fraction of sp³-hybridized carbons (Fsp3) is 0.680. The molecule has 1 aliphatic heterocycles. The second-order valence-corrected chi connectivity index (χ2v) is 8.55. The van der Waals surface area contributed by atoms with Crippen LogP contribution in [0.5, 0.6) is 0 Å². The molecular weight excluding hydrogens is 347 g/mol. The van der Waals surface area contributed by atoms with Crippen molar-refractivity contribution in [1.82, 2.24) is 0 Å². The first kappa shape index (κ1) is 21.2. The van der Waals surface area contributed by atoms with E-state index in [0.29, 0.717) is 0 Å². The molecule has 0 saturated heterocycles. The van der Waals surface area contributed by atoms with Crippen molar-refractivity contribution in [2.75, 3.05) is 22.9 Å². The van der Waals surface area contributed by atoms with E-state index in [1.54, 1.807) is 17.7 Å². The van der Waals surface area contributed by atoms with Crippen LogP contribution in [-0.4, -0.2) is 13.1 Å². The van der Waals surface area contributed by atoms with Crippen LogP contribution in [0.3, 0.4) is 0 Å². The predicted octanol–water partition coefficient (Wildman–Crippen LogP) is 7.79. The van der Waals surface area contributed by atoms with E-state index < -0.39 is 0 Å². The van der Waals surface area contributed by atoms with E-state index in [-0.39, 0.29) is 5.82 Å². The van der Waals surface area contributed by atoms with Gasteiger partial charge in [-0.3, -0.25) is 0 Å². The van der Waals surface area contributed by atoms with Crippen LogP contribution in [0.4, 0.5) is 15.8 Å². The highest BCUT2D eigenvalue weighted by Gasteiger charge is 2.34. The van der Waals surface area contributed by atoms with Crippen molar-refractivity contribution in [1.29, 1.82) is 0 Å². The van der Waals surface area contributed by atoms with Gasteiger partial charge in [-0.25, -0.2) is 4.39 Å². The highest BCUT2D eigenvalue weighted by atomic mass is 19.1. The van der Waals surface area contributed by atoms with E-state index in [1.807, 2.05) is 6.07 Å². The van der Waals surface area contributed by atoms with E-state index in [0.717, 1.165) is 18.8 Å². The zero-order valence-corrected chi connectivity index (χ0v) is 18.1. The van der Waals surface area contributed by atoms with Crippen LogP contribution in [-0.2, 0) is 0 Å². The largest absolute Gasteiger partial charge is 0.326 e. The standard InChI is InChI=1S/C25H39FN2/c1-3-5-7-9-11-18-27-23-17-16-22(26)20-24(23)28(19-12-10-8-6-4-2)25(27)21-14-13-15-21/h16-17,20H,3-15,18-19H2,1-2H3. The topological polar surface area (TPSA) is 6.48 Å². The highest BCUT2D eigenvalue weighted by molar-refractivity contribution is 5.83. The summed E-state index contributed by atoms with van der Waals surface area (Å²) in [6.07, 6.45) is 16.6. The van der Waals surface area contributed by atoms with Crippen LogP contribution in [0, 0.1) is 5.82 Å². The van der Waals surface area contributed by atoms with Gasteiger partial charge in [0.05, 0.1) is 11.4 Å². The van der Waals surface area contributed by atoms with Gasteiger partial charge in [0.15, 0.2) is 0 Å². The third kappa shape index (κ3) is 5.10. The van der Waals surface area contributed by atoms with Crippen LogP contribution in [0.15, 0.2) is 29.6 Å². The fourth-order valence-electron chi connectivity index (χ4n) is 4.47. The molecule has 0 N–H and O–H groups in total. The quantitative estimate of drug-likeness (QED) is 0.338. The third-order valence-corrected chi connectivity index (χ3v) is 6.27. The Labute approximate surface area is 171 Å². The number of hydrogen-bond acceptors (Lipinski definition) is 2. The second kappa shape index (κ2) is 10.9. The maximum Gasteiger partial charge on any atom is 0.125 e. The van der Waals surface area contributed by atoms with Crippen molar-refractivity contribution in [3.8, 4) is 0 Å². The molecule has 0 radical (unpaired) electrons. The van der Waals surface area contributed by atoms with E-state index in [9.17, 15) is 4.39 Å². The van der Waals surface area contributed by atoms with Gasteiger partial charge < -0.3 is 9.80 Å². The molecule has 0 bridgehead atoms. The third-order valence-electron chi connectivity index (χ3n) is 6.27. The fourth-order valence-corrected chi connectivity index (χ4v) is 4.47. The molecule has 2 nitrogen and oxygen atoms in total. The summed E-state index contributed by atoms with van der Waals surface area (Å²) in [5.41, 5.74) is 3.90. The van der Waals surface area contributed by atoms with Crippen LogP contribution < -0.4 is 9.80 Å². The average molecular weight is 387 g/mol. The number of fused-ring (bicyclic) bond motifs is 1. The molecule has 1 aromatic rings. The second-order valence-electron chi connectivity index (χ2n) is 8.55. The molecule has 1 heterocycles. The minimum absolute atomic E-state index is 0.113. The molecule has 1 saturated carbocycles. The molecule has 0 unspecified atom stereocenters. The van der Waals surface area contributed by atoms with Crippen LogP contribution >= 0.6 is 0 Å². The van der Waals surface area contributed by atoms with Crippen LogP contribution in [0.25, 0.3) is 0 Å². The van der Waals surface area contributed by atoms with Gasteiger partial charge in [-0.05, 0) is 55.9 Å². The summed E-state index contributed by atoms with van der Waals surface area (Å²) < 4.78 is 14.1. The molecule has 0 atom stereocenters. The van der Waals surface area contributed by atoms with Crippen molar-refractivity contribution in [2.24, 2.45) is 0 Å². The Morgan fingerprint density at radius 2 is 1.32 bits per heavy atom. The van der Waals surface area contributed by atoms with E-state index in [1.165, 1.54) is 95.0 Å². The molecule has 156 valence electrons. The van der Waals surface area contributed by atoms with Crippen LogP contribution in [0.1, 0.15) is 97.3 Å². The zero-order valence-electron chi connectivity index (χ0n) is 18.1. The Morgan fingerprint density at radius 1 is 0.750 bits per heavy atom. The summed E-state index contributed by atoms with van der Waals surface area (Å²) >= 11 is 0. The first-order valence-electron chi connectivity index (χ1n) is 11.8. The van der Waals surface area contributed by atoms with Gasteiger partial charge in [0, 0.05) is 13.1 Å². The van der Waals surface area contributed by atoms with Gasteiger partial charge in [0.1, 0.15) is 11.6 Å². The van der Waals surface area contributed by atoms with Crippen LogP contribution in [0.2, 0.25) is 0 Å². The molecule has 0 aromatic heterocycles. The Balaban J connectivity index is 1.75. The Hall–Kier alpha value is -1.51. The van der Waals surface area contributed by atoms with Gasteiger partial charge in [-0.15, -0.1) is 0 Å². The van der Waals surface area contributed by atoms with E-state index >= 15 is 0 Å². The molecule has 0 amide bonds. The van der Waals surface area contributed by atoms with Crippen molar-refractivity contribution in [3.05, 3.63) is 35.4 Å². The lowest BCUT2D eigenvalue weighted by Crippen LogP contribution is -2.32. The molecular formula is C25H39FN2. The molecule has 3 heteroatoms. The number of nitrogens with zero attached hydrogens (tertiary/aromatic N) is 2. The lowest BCUT2D eigenvalue weighted by atomic mass is 9.91. The minimum Gasteiger partial charge on any atom is -0.326 e. The monoisotopic (exact) mass is 386 g/mol. The number of rotatable bonds is 12. The molecule has 1 fully saturated rings. The summed E-state index contributed by atoms with van der Waals surface area (Å²) in [5.74, 6) is 1.29. The molecule has 2 aliphatic rings.